The van der Waals surface area contributed by atoms with E-state index in [1.807, 2.05) is 19.1 Å². The lowest BCUT2D eigenvalue weighted by Gasteiger charge is -2.09. The Balaban J connectivity index is 2.18. The van der Waals surface area contributed by atoms with Crippen LogP contribution in [-0.4, -0.2) is 17.0 Å². The minimum atomic E-state index is -0.189. The van der Waals surface area contributed by atoms with E-state index in [1.165, 1.54) is 0 Å². The van der Waals surface area contributed by atoms with Crippen LogP contribution in [0.15, 0.2) is 52.1 Å². The van der Waals surface area contributed by atoms with E-state index in [0.717, 1.165) is 10.0 Å². The molecule has 0 atom stereocenters. The first-order chi connectivity index (χ1) is 10.0. The van der Waals surface area contributed by atoms with Crippen LogP contribution in [-0.2, 0) is 0 Å². The van der Waals surface area contributed by atoms with E-state index in [-0.39, 0.29) is 11.7 Å². The van der Waals surface area contributed by atoms with Gasteiger partial charge in [0.25, 0.3) is 5.91 Å². The van der Waals surface area contributed by atoms with E-state index < -0.39 is 0 Å². The Bertz CT molecular complexity index is 697. The molecular weight excluding hydrogens is 334 g/mol. The number of halogens is 1. The quantitative estimate of drug-likeness (QED) is 0.345. The minimum Gasteiger partial charge on any atom is -0.409 e. The Morgan fingerprint density at radius 3 is 2.52 bits per heavy atom. The van der Waals surface area contributed by atoms with Crippen molar-refractivity contribution in [2.24, 2.45) is 10.9 Å². The van der Waals surface area contributed by atoms with E-state index in [9.17, 15) is 4.79 Å². The van der Waals surface area contributed by atoms with Crippen LogP contribution in [0.3, 0.4) is 0 Å². The minimum absolute atomic E-state index is 0.0238. The van der Waals surface area contributed by atoms with Crippen molar-refractivity contribution in [2.45, 2.75) is 6.92 Å². The molecule has 0 saturated heterocycles. The molecule has 6 heteroatoms. The molecule has 0 aromatic heterocycles. The molecule has 0 unspecified atom stereocenters. The predicted octanol–water partition coefficient (Wildman–Crippen LogP) is 3.10. The number of nitrogens with one attached hydrogen (secondary N) is 1. The van der Waals surface area contributed by atoms with Gasteiger partial charge in [-0.2, -0.15) is 0 Å². The van der Waals surface area contributed by atoms with Gasteiger partial charge in [0.05, 0.1) is 0 Å². The lowest BCUT2D eigenvalue weighted by molar-refractivity contribution is 0.102. The molecule has 0 aliphatic carbocycles. The maximum atomic E-state index is 12.2. The van der Waals surface area contributed by atoms with Gasteiger partial charge in [-0.05, 0) is 48.9 Å². The lowest BCUT2D eigenvalue weighted by Crippen LogP contribution is -2.15. The standard InChI is InChI=1S/C15H14BrN3O2/c1-9-12(3-2-4-13(9)16)15(20)18-11-7-5-10(6-8-11)14(17)19-21/h2-8,21H,1H3,(H2,17,19)(H,18,20). The number of nitrogens with two attached hydrogens (primary N) is 1. The zero-order valence-electron chi connectivity index (χ0n) is 11.3. The van der Waals surface area contributed by atoms with Gasteiger partial charge in [0.15, 0.2) is 5.84 Å². The zero-order chi connectivity index (χ0) is 15.4. The Morgan fingerprint density at radius 2 is 1.90 bits per heavy atom. The maximum Gasteiger partial charge on any atom is 0.255 e. The van der Waals surface area contributed by atoms with Crippen molar-refractivity contribution in [1.29, 1.82) is 0 Å². The molecule has 0 bridgehead atoms. The molecule has 0 fully saturated rings. The third kappa shape index (κ3) is 3.41. The lowest BCUT2D eigenvalue weighted by atomic mass is 10.1. The fraction of sp³-hybridized carbons (Fsp3) is 0.0667. The van der Waals surface area contributed by atoms with Crippen LogP contribution in [0.5, 0.6) is 0 Å². The molecule has 0 radical (unpaired) electrons. The highest BCUT2D eigenvalue weighted by molar-refractivity contribution is 9.10. The van der Waals surface area contributed by atoms with Crippen LogP contribution in [0.2, 0.25) is 0 Å². The molecule has 0 aliphatic heterocycles. The molecule has 2 rings (SSSR count). The summed E-state index contributed by atoms with van der Waals surface area (Å²) in [6.45, 7) is 1.88. The van der Waals surface area contributed by atoms with E-state index in [2.05, 4.69) is 26.4 Å². The number of amidine groups is 1. The summed E-state index contributed by atoms with van der Waals surface area (Å²) in [5, 5.41) is 14.3. The van der Waals surface area contributed by atoms with Crippen LogP contribution < -0.4 is 11.1 Å². The highest BCUT2D eigenvalue weighted by Gasteiger charge is 2.11. The van der Waals surface area contributed by atoms with Crippen molar-refractivity contribution >= 4 is 33.4 Å². The molecule has 0 heterocycles. The van der Waals surface area contributed by atoms with Gasteiger partial charge in [-0.3, -0.25) is 4.79 Å². The average Bonchev–Trinajstić information content (AvgIpc) is 2.50. The Labute approximate surface area is 130 Å². The fourth-order valence-corrected chi connectivity index (χ4v) is 2.20. The molecule has 4 N–H and O–H groups in total. The Morgan fingerprint density at radius 1 is 1.24 bits per heavy atom. The van der Waals surface area contributed by atoms with Crippen LogP contribution in [0.25, 0.3) is 0 Å². The van der Waals surface area contributed by atoms with Gasteiger partial charge in [-0.25, -0.2) is 0 Å². The molecule has 0 spiro atoms. The number of hydrogen-bond acceptors (Lipinski definition) is 3. The molecule has 5 nitrogen and oxygen atoms in total. The largest absolute Gasteiger partial charge is 0.409 e. The summed E-state index contributed by atoms with van der Waals surface area (Å²) in [4.78, 5) is 12.2. The van der Waals surface area contributed by atoms with Crippen LogP contribution in [0.4, 0.5) is 5.69 Å². The second kappa shape index (κ2) is 6.41. The van der Waals surface area contributed by atoms with Gasteiger partial charge >= 0.3 is 0 Å². The number of carbonyl (C=O) groups is 1. The Hall–Kier alpha value is -2.34. The second-order valence-corrected chi connectivity index (χ2v) is 5.28. The van der Waals surface area contributed by atoms with Crippen molar-refractivity contribution in [2.75, 3.05) is 5.32 Å². The maximum absolute atomic E-state index is 12.2. The van der Waals surface area contributed by atoms with Crippen LogP contribution in [0.1, 0.15) is 21.5 Å². The predicted molar refractivity (Wildman–Crippen MR) is 85.8 cm³/mol. The summed E-state index contributed by atoms with van der Waals surface area (Å²) in [6.07, 6.45) is 0. The van der Waals surface area contributed by atoms with Crippen molar-refractivity contribution < 1.29 is 10.0 Å². The van der Waals surface area contributed by atoms with E-state index in [1.54, 1.807) is 30.3 Å². The second-order valence-electron chi connectivity index (χ2n) is 4.43. The first-order valence-electron chi connectivity index (χ1n) is 6.17. The van der Waals surface area contributed by atoms with E-state index in [0.29, 0.717) is 16.8 Å². The summed E-state index contributed by atoms with van der Waals surface area (Å²) in [5.41, 5.74) is 8.17. The molecule has 2 aromatic carbocycles. The van der Waals surface area contributed by atoms with Gasteiger partial charge < -0.3 is 16.3 Å². The number of hydrogen-bond donors (Lipinski definition) is 3. The first-order valence-corrected chi connectivity index (χ1v) is 6.96. The average molecular weight is 348 g/mol. The fourth-order valence-electron chi connectivity index (χ4n) is 1.83. The monoisotopic (exact) mass is 347 g/mol. The van der Waals surface area contributed by atoms with Gasteiger partial charge in [0, 0.05) is 21.3 Å². The zero-order valence-corrected chi connectivity index (χ0v) is 12.9. The van der Waals surface area contributed by atoms with Crippen molar-refractivity contribution in [3.05, 3.63) is 63.6 Å². The third-order valence-corrected chi connectivity index (χ3v) is 3.92. The smallest absolute Gasteiger partial charge is 0.255 e. The molecule has 2 aromatic rings. The van der Waals surface area contributed by atoms with Crippen LogP contribution >= 0.6 is 15.9 Å². The summed E-state index contributed by atoms with van der Waals surface area (Å²) < 4.78 is 0.887. The molecule has 21 heavy (non-hydrogen) atoms. The molecule has 108 valence electrons. The van der Waals surface area contributed by atoms with E-state index >= 15 is 0 Å². The molecular formula is C15H14BrN3O2. The van der Waals surface area contributed by atoms with Gasteiger partial charge in [-0.15, -0.1) is 0 Å². The summed E-state index contributed by atoms with van der Waals surface area (Å²) in [5.74, 6) is -0.166. The number of oxime groups is 1. The third-order valence-electron chi connectivity index (χ3n) is 3.06. The number of carbonyl (C=O) groups excluding carboxylic acids is 1. The Kier molecular flexibility index (Phi) is 4.59. The molecule has 1 amide bonds. The van der Waals surface area contributed by atoms with E-state index in [4.69, 9.17) is 10.9 Å². The van der Waals surface area contributed by atoms with Gasteiger partial charge in [0.1, 0.15) is 0 Å². The van der Waals surface area contributed by atoms with Crippen molar-refractivity contribution in [3.8, 4) is 0 Å². The van der Waals surface area contributed by atoms with Crippen molar-refractivity contribution in [3.63, 3.8) is 0 Å². The molecule has 0 saturated carbocycles. The van der Waals surface area contributed by atoms with Crippen molar-refractivity contribution in [1.82, 2.24) is 0 Å². The van der Waals surface area contributed by atoms with Crippen LogP contribution in [0, 0.1) is 6.92 Å². The highest BCUT2D eigenvalue weighted by Crippen LogP contribution is 2.20. The summed E-state index contributed by atoms with van der Waals surface area (Å²) in [7, 11) is 0. The van der Waals surface area contributed by atoms with Gasteiger partial charge in [-0.1, -0.05) is 27.2 Å². The SMILES string of the molecule is Cc1c(Br)cccc1C(=O)Nc1ccc(C(N)=NO)cc1. The highest BCUT2D eigenvalue weighted by atomic mass is 79.9. The number of nitrogens with zero attached hydrogens (tertiary/aromatic N) is 1. The first kappa shape index (κ1) is 15.1. The molecule has 0 aliphatic rings. The van der Waals surface area contributed by atoms with Gasteiger partial charge in [0.2, 0.25) is 0 Å². The normalized spacial score (nSPS) is 11.2. The number of amides is 1. The number of anilines is 1. The number of benzene rings is 2. The topological polar surface area (TPSA) is 87.7 Å². The number of rotatable bonds is 3. The summed E-state index contributed by atoms with van der Waals surface area (Å²) >= 11 is 3.40. The summed E-state index contributed by atoms with van der Waals surface area (Å²) in [6, 6.07) is 12.2.